The Morgan fingerprint density at radius 2 is 2.09 bits per heavy atom. The van der Waals surface area contributed by atoms with Gasteiger partial charge in [-0.25, -0.2) is 0 Å². The lowest BCUT2D eigenvalue weighted by Gasteiger charge is -2.07. The van der Waals surface area contributed by atoms with Crippen LogP contribution in [0.15, 0.2) is 0 Å². The van der Waals surface area contributed by atoms with E-state index in [2.05, 4.69) is 4.90 Å². The van der Waals surface area contributed by atoms with Crippen molar-refractivity contribution in [3.05, 3.63) is 0 Å². The van der Waals surface area contributed by atoms with Crippen LogP contribution in [0, 0.1) is 5.92 Å². The zero-order valence-electron chi connectivity index (χ0n) is 7.47. The third-order valence-electron chi connectivity index (χ3n) is 2.05. The Morgan fingerprint density at radius 1 is 1.45 bits per heavy atom. The minimum absolute atomic E-state index is 0.446. The van der Waals surface area contributed by atoms with Gasteiger partial charge in [0.05, 0.1) is 0 Å². The molecule has 2 nitrogen and oxygen atoms in total. The molecule has 0 aromatic rings. The molecule has 1 aliphatic rings. The molecule has 0 bridgehead atoms. The summed E-state index contributed by atoms with van der Waals surface area (Å²) in [4.78, 5) is 13.2. The number of hydrogen-bond donors (Lipinski definition) is 0. The van der Waals surface area contributed by atoms with Crippen LogP contribution in [0.1, 0.15) is 25.7 Å². The first-order chi connectivity index (χ1) is 5.18. The maximum Gasteiger partial charge on any atom is 0.134 e. The highest BCUT2D eigenvalue weighted by molar-refractivity contribution is 5.79. The Bertz CT molecular complexity index is 138. The van der Waals surface area contributed by atoms with Crippen molar-refractivity contribution in [2.45, 2.75) is 25.7 Å². The van der Waals surface area contributed by atoms with E-state index >= 15 is 0 Å². The van der Waals surface area contributed by atoms with E-state index in [-0.39, 0.29) is 0 Å². The summed E-state index contributed by atoms with van der Waals surface area (Å²) in [5.74, 6) is 1.20. The largest absolute Gasteiger partial charge is 0.309 e. The maximum absolute atomic E-state index is 11.2. The molecule has 1 saturated carbocycles. The van der Waals surface area contributed by atoms with E-state index in [0.29, 0.717) is 5.78 Å². The molecule has 0 aliphatic heterocycles. The van der Waals surface area contributed by atoms with Gasteiger partial charge in [0, 0.05) is 19.4 Å². The number of rotatable bonds is 5. The van der Waals surface area contributed by atoms with Gasteiger partial charge in [-0.1, -0.05) is 0 Å². The molecule has 11 heavy (non-hydrogen) atoms. The van der Waals surface area contributed by atoms with E-state index in [9.17, 15) is 4.79 Å². The molecular weight excluding hydrogens is 138 g/mol. The lowest BCUT2D eigenvalue weighted by Crippen LogP contribution is -2.16. The minimum atomic E-state index is 0.446. The Balaban J connectivity index is 2.00. The summed E-state index contributed by atoms with van der Waals surface area (Å²) in [6.45, 7) is 0.908. The van der Waals surface area contributed by atoms with Crippen molar-refractivity contribution in [2.75, 3.05) is 20.6 Å². The van der Waals surface area contributed by atoms with Crippen molar-refractivity contribution >= 4 is 5.78 Å². The van der Waals surface area contributed by atoms with Crippen molar-refractivity contribution < 1.29 is 4.79 Å². The van der Waals surface area contributed by atoms with Crippen LogP contribution in [0.5, 0.6) is 0 Å². The summed E-state index contributed by atoms with van der Waals surface area (Å²) >= 11 is 0. The fourth-order valence-electron chi connectivity index (χ4n) is 1.09. The zero-order valence-corrected chi connectivity index (χ0v) is 7.47. The summed E-state index contributed by atoms with van der Waals surface area (Å²) in [6.07, 6.45) is 4.15. The molecule has 0 heterocycles. The van der Waals surface area contributed by atoms with Gasteiger partial charge in [0.2, 0.25) is 0 Å². The molecule has 0 spiro atoms. The molecule has 0 radical (unpaired) electrons. The van der Waals surface area contributed by atoms with Crippen LogP contribution in [0.2, 0.25) is 0 Å². The predicted molar refractivity (Wildman–Crippen MR) is 45.5 cm³/mol. The summed E-state index contributed by atoms with van der Waals surface area (Å²) in [5, 5.41) is 0. The van der Waals surface area contributed by atoms with Gasteiger partial charge < -0.3 is 4.90 Å². The Labute approximate surface area is 68.6 Å². The molecule has 2 heteroatoms. The molecule has 64 valence electrons. The molecule has 0 saturated heterocycles. The van der Waals surface area contributed by atoms with Gasteiger partial charge in [0.1, 0.15) is 5.78 Å². The maximum atomic E-state index is 11.2. The Kier molecular flexibility index (Phi) is 3.06. The van der Waals surface area contributed by atoms with E-state index in [1.807, 2.05) is 14.1 Å². The van der Waals surface area contributed by atoms with Gasteiger partial charge in [-0.15, -0.1) is 0 Å². The van der Waals surface area contributed by atoms with E-state index in [4.69, 9.17) is 0 Å². The fraction of sp³-hybridized carbons (Fsp3) is 0.889. The van der Waals surface area contributed by atoms with Gasteiger partial charge in [-0.05, 0) is 32.9 Å². The van der Waals surface area contributed by atoms with Gasteiger partial charge in [-0.3, -0.25) is 4.79 Å². The smallest absolute Gasteiger partial charge is 0.134 e. The van der Waals surface area contributed by atoms with Crippen molar-refractivity contribution in [1.29, 1.82) is 0 Å². The van der Waals surface area contributed by atoms with Crippen LogP contribution in [0.4, 0.5) is 0 Å². The molecular formula is C9H17NO. The number of ketones is 1. The van der Waals surface area contributed by atoms with Crippen LogP contribution >= 0.6 is 0 Å². The molecule has 0 unspecified atom stereocenters. The van der Waals surface area contributed by atoms with Gasteiger partial charge in [-0.2, -0.15) is 0 Å². The van der Waals surface area contributed by atoms with Crippen LogP contribution in [-0.2, 0) is 4.79 Å². The zero-order chi connectivity index (χ0) is 8.27. The monoisotopic (exact) mass is 155 g/mol. The fourth-order valence-corrected chi connectivity index (χ4v) is 1.09. The third kappa shape index (κ3) is 4.14. The van der Waals surface area contributed by atoms with Crippen LogP contribution in [0.3, 0.4) is 0 Å². The Hall–Kier alpha value is -0.370. The van der Waals surface area contributed by atoms with Crippen LogP contribution in [-0.4, -0.2) is 31.3 Å². The van der Waals surface area contributed by atoms with Crippen LogP contribution in [0.25, 0.3) is 0 Å². The van der Waals surface area contributed by atoms with Gasteiger partial charge >= 0.3 is 0 Å². The van der Waals surface area contributed by atoms with E-state index in [0.717, 1.165) is 25.3 Å². The Morgan fingerprint density at radius 3 is 2.55 bits per heavy atom. The number of carbonyl (C=O) groups is 1. The lowest BCUT2D eigenvalue weighted by molar-refractivity contribution is -0.119. The highest BCUT2D eigenvalue weighted by Crippen LogP contribution is 2.32. The van der Waals surface area contributed by atoms with Crippen molar-refractivity contribution in [1.82, 2.24) is 4.90 Å². The first kappa shape index (κ1) is 8.72. The molecule has 1 rings (SSSR count). The topological polar surface area (TPSA) is 20.3 Å². The van der Waals surface area contributed by atoms with Crippen molar-refractivity contribution in [3.8, 4) is 0 Å². The van der Waals surface area contributed by atoms with E-state index < -0.39 is 0 Å². The summed E-state index contributed by atoms with van der Waals surface area (Å²) in [6, 6.07) is 0. The number of nitrogens with zero attached hydrogens (tertiary/aromatic N) is 1. The van der Waals surface area contributed by atoms with E-state index in [1.54, 1.807) is 0 Å². The minimum Gasteiger partial charge on any atom is -0.309 e. The van der Waals surface area contributed by atoms with Crippen LogP contribution < -0.4 is 0 Å². The highest BCUT2D eigenvalue weighted by atomic mass is 16.1. The first-order valence-corrected chi connectivity index (χ1v) is 4.35. The van der Waals surface area contributed by atoms with Gasteiger partial charge in [0.25, 0.3) is 0 Å². The molecule has 0 aromatic heterocycles. The number of hydrogen-bond acceptors (Lipinski definition) is 2. The second-order valence-electron chi connectivity index (χ2n) is 3.74. The highest BCUT2D eigenvalue weighted by Gasteiger charge is 2.23. The summed E-state index contributed by atoms with van der Waals surface area (Å²) in [7, 11) is 4.01. The molecule has 0 atom stereocenters. The second kappa shape index (κ2) is 3.86. The summed E-state index contributed by atoms with van der Waals surface area (Å²) < 4.78 is 0. The lowest BCUT2D eigenvalue weighted by atomic mass is 10.1. The summed E-state index contributed by atoms with van der Waals surface area (Å²) in [5.41, 5.74) is 0. The quantitative estimate of drug-likeness (QED) is 0.596. The number of carbonyl (C=O) groups excluding carboxylic acids is 1. The third-order valence-corrected chi connectivity index (χ3v) is 2.05. The average molecular weight is 155 g/mol. The molecule has 0 amide bonds. The van der Waals surface area contributed by atoms with Crippen molar-refractivity contribution in [2.24, 2.45) is 5.92 Å². The van der Waals surface area contributed by atoms with Crippen molar-refractivity contribution in [3.63, 3.8) is 0 Å². The average Bonchev–Trinajstić information content (AvgIpc) is 2.67. The standard InChI is InChI=1S/C9H17NO/c1-10(2)6-5-9(11)7-8-3-4-8/h8H,3-7H2,1-2H3. The number of Topliss-reactive ketones (excluding diaryl/α,β-unsaturated/α-hetero) is 1. The predicted octanol–water partition coefficient (Wildman–Crippen LogP) is 1.31. The second-order valence-corrected chi connectivity index (χ2v) is 3.74. The molecule has 0 aromatic carbocycles. The first-order valence-electron chi connectivity index (χ1n) is 4.35. The van der Waals surface area contributed by atoms with Gasteiger partial charge in [0.15, 0.2) is 0 Å². The molecule has 1 aliphatic carbocycles. The molecule has 0 N–H and O–H groups in total. The SMILES string of the molecule is CN(C)CCC(=O)CC1CC1. The normalized spacial score (nSPS) is 17.4. The van der Waals surface area contributed by atoms with E-state index in [1.165, 1.54) is 12.8 Å². The molecule has 1 fully saturated rings.